The van der Waals surface area contributed by atoms with Gasteiger partial charge in [0.05, 0.1) is 19.1 Å². The van der Waals surface area contributed by atoms with E-state index in [-0.39, 0.29) is 18.4 Å². The highest BCUT2D eigenvalue weighted by molar-refractivity contribution is 5.72. The first-order valence-corrected chi connectivity index (χ1v) is 5.09. The summed E-state index contributed by atoms with van der Waals surface area (Å²) < 4.78 is 17.9. The molecule has 0 spiro atoms. The summed E-state index contributed by atoms with van der Waals surface area (Å²) in [6.07, 6.45) is -0.362. The summed E-state index contributed by atoms with van der Waals surface area (Å²) in [6, 6.07) is 3.99. The molecule has 5 heteroatoms. The molecular weight excluding hydrogens is 239 g/mol. The van der Waals surface area contributed by atoms with Gasteiger partial charge in [-0.05, 0) is 17.7 Å². The van der Waals surface area contributed by atoms with Gasteiger partial charge in [0.1, 0.15) is 12.2 Å². The number of carboxylic acid groups (broad SMARTS) is 1. The van der Waals surface area contributed by atoms with Crippen LogP contribution in [0.4, 0.5) is 4.39 Å². The number of esters is 1. The van der Waals surface area contributed by atoms with Crippen LogP contribution in [0.25, 0.3) is 0 Å². The molecule has 1 rings (SSSR count). The average molecular weight is 250 g/mol. The van der Waals surface area contributed by atoms with Crippen LogP contribution in [0.15, 0.2) is 18.2 Å². The third-order valence-electron chi connectivity index (χ3n) is 2.07. The highest BCUT2D eigenvalue weighted by Crippen LogP contribution is 2.10. The lowest BCUT2D eigenvalue weighted by molar-refractivity contribution is -0.139. The van der Waals surface area contributed by atoms with Crippen LogP contribution in [0.3, 0.4) is 0 Å². The molecule has 1 aromatic rings. The largest absolute Gasteiger partial charge is 0.481 e. The Bertz CT molecular complexity index is 526. The Morgan fingerprint density at radius 3 is 2.72 bits per heavy atom. The molecule has 0 atom stereocenters. The molecule has 0 aliphatic rings. The Morgan fingerprint density at radius 2 is 2.17 bits per heavy atom. The van der Waals surface area contributed by atoms with Gasteiger partial charge in [-0.15, -0.1) is 0 Å². The van der Waals surface area contributed by atoms with Gasteiger partial charge in [0.25, 0.3) is 0 Å². The second-order valence-electron chi connectivity index (χ2n) is 3.44. The summed E-state index contributed by atoms with van der Waals surface area (Å²) in [7, 11) is 1.24. The zero-order valence-corrected chi connectivity index (χ0v) is 9.70. The Balaban J connectivity index is 2.79. The van der Waals surface area contributed by atoms with Crippen LogP contribution in [0, 0.1) is 17.7 Å². The van der Waals surface area contributed by atoms with Crippen LogP contribution in [-0.4, -0.2) is 24.2 Å². The van der Waals surface area contributed by atoms with E-state index in [9.17, 15) is 14.0 Å². The lowest BCUT2D eigenvalue weighted by atomic mass is 10.1. The number of benzene rings is 1. The Kier molecular flexibility index (Phi) is 4.88. The first kappa shape index (κ1) is 13.7. The topological polar surface area (TPSA) is 63.6 Å². The quantitative estimate of drug-likeness (QED) is 0.650. The molecule has 1 aromatic carbocycles. The fourth-order valence-corrected chi connectivity index (χ4v) is 1.23. The maximum absolute atomic E-state index is 13.5. The van der Waals surface area contributed by atoms with E-state index in [0.717, 1.165) is 6.07 Å². The minimum Gasteiger partial charge on any atom is -0.481 e. The molecule has 0 aliphatic carbocycles. The smallest absolute Gasteiger partial charge is 0.317 e. The number of hydrogen-bond donors (Lipinski definition) is 1. The number of carbonyl (C=O) groups is 2. The summed E-state index contributed by atoms with van der Waals surface area (Å²) in [5.41, 5.74) is 0.478. The second kappa shape index (κ2) is 6.40. The monoisotopic (exact) mass is 250 g/mol. The Hall–Kier alpha value is -2.35. The molecule has 0 aliphatic heterocycles. The number of halogens is 1. The summed E-state index contributed by atoms with van der Waals surface area (Å²) in [4.78, 5) is 21.2. The van der Waals surface area contributed by atoms with Gasteiger partial charge in [0.2, 0.25) is 0 Å². The number of carboxylic acids is 1. The molecule has 0 saturated heterocycles. The van der Waals surface area contributed by atoms with Crippen LogP contribution in [0.2, 0.25) is 0 Å². The van der Waals surface area contributed by atoms with Gasteiger partial charge in [0, 0.05) is 0 Å². The van der Waals surface area contributed by atoms with Crippen LogP contribution in [0.1, 0.15) is 17.5 Å². The van der Waals surface area contributed by atoms with Crippen molar-refractivity contribution in [1.29, 1.82) is 0 Å². The number of hydrogen-bond acceptors (Lipinski definition) is 3. The summed E-state index contributed by atoms with van der Waals surface area (Å²) in [6.45, 7) is 0. The molecule has 0 radical (unpaired) electrons. The van der Waals surface area contributed by atoms with E-state index in [1.54, 1.807) is 0 Å². The second-order valence-corrected chi connectivity index (χ2v) is 3.44. The van der Waals surface area contributed by atoms with Crippen molar-refractivity contribution in [2.24, 2.45) is 0 Å². The van der Waals surface area contributed by atoms with Gasteiger partial charge in [-0.25, -0.2) is 4.39 Å². The van der Waals surface area contributed by atoms with Gasteiger partial charge in [-0.3, -0.25) is 9.59 Å². The zero-order chi connectivity index (χ0) is 13.5. The summed E-state index contributed by atoms with van der Waals surface area (Å²) >= 11 is 0. The van der Waals surface area contributed by atoms with E-state index >= 15 is 0 Å². The predicted molar refractivity (Wildman–Crippen MR) is 61.3 cm³/mol. The highest BCUT2D eigenvalue weighted by atomic mass is 19.1. The minimum absolute atomic E-state index is 0.118. The van der Waals surface area contributed by atoms with Crippen LogP contribution in [0.5, 0.6) is 0 Å². The lowest BCUT2D eigenvalue weighted by Crippen LogP contribution is -2.01. The number of ether oxygens (including phenoxy) is 1. The molecular formula is C13H11FO4. The van der Waals surface area contributed by atoms with Gasteiger partial charge in [0.15, 0.2) is 0 Å². The van der Waals surface area contributed by atoms with Gasteiger partial charge in [-0.1, -0.05) is 17.9 Å². The van der Waals surface area contributed by atoms with Crippen molar-refractivity contribution in [3.63, 3.8) is 0 Å². The number of methoxy groups -OCH3 is 1. The highest BCUT2D eigenvalue weighted by Gasteiger charge is 2.04. The van der Waals surface area contributed by atoms with Crippen molar-refractivity contribution in [3.05, 3.63) is 35.1 Å². The predicted octanol–water partition coefficient (Wildman–Crippen LogP) is 1.37. The lowest BCUT2D eigenvalue weighted by Gasteiger charge is -1.99. The van der Waals surface area contributed by atoms with E-state index in [0.29, 0.717) is 5.56 Å². The van der Waals surface area contributed by atoms with Gasteiger partial charge < -0.3 is 9.84 Å². The maximum Gasteiger partial charge on any atom is 0.317 e. The fraction of sp³-hybridized carbons (Fsp3) is 0.231. The minimum atomic E-state index is -1.03. The van der Waals surface area contributed by atoms with Crippen molar-refractivity contribution < 1.29 is 23.8 Å². The standard InChI is InChI=1S/C13H11FO4/c1-18-13(17)4-2-3-10-6-5-9(7-11(10)14)8-12(15)16/h5-7H,4,8H2,1H3,(H,15,16). The van der Waals surface area contributed by atoms with E-state index in [1.807, 2.05) is 0 Å². The van der Waals surface area contributed by atoms with Crippen molar-refractivity contribution in [2.45, 2.75) is 12.8 Å². The van der Waals surface area contributed by atoms with E-state index in [2.05, 4.69) is 16.6 Å². The van der Waals surface area contributed by atoms with Gasteiger partial charge in [-0.2, -0.15) is 0 Å². The van der Waals surface area contributed by atoms with Crippen LogP contribution in [-0.2, 0) is 20.7 Å². The average Bonchev–Trinajstić information content (AvgIpc) is 2.31. The van der Waals surface area contributed by atoms with E-state index in [1.165, 1.54) is 19.2 Å². The van der Waals surface area contributed by atoms with E-state index in [4.69, 9.17) is 5.11 Å². The number of aliphatic carboxylic acids is 1. The van der Waals surface area contributed by atoms with Crippen molar-refractivity contribution in [3.8, 4) is 11.8 Å². The number of rotatable bonds is 3. The molecule has 0 aromatic heterocycles. The van der Waals surface area contributed by atoms with Crippen molar-refractivity contribution >= 4 is 11.9 Å². The molecule has 0 amide bonds. The van der Waals surface area contributed by atoms with Crippen LogP contribution >= 0.6 is 0 Å². The first-order valence-electron chi connectivity index (χ1n) is 5.09. The normalized spacial score (nSPS) is 9.22. The molecule has 0 fully saturated rings. The SMILES string of the molecule is COC(=O)CC#Cc1ccc(CC(=O)O)cc1F. The van der Waals surface area contributed by atoms with Crippen molar-refractivity contribution in [2.75, 3.05) is 7.11 Å². The zero-order valence-electron chi connectivity index (χ0n) is 9.70. The Labute approximate surface area is 103 Å². The molecule has 4 nitrogen and oxygen atoms in total. The third kappa shape index (κ3) is 4.26. The number of carbonyl (C=O) groups excluding carboxylic acids is 1. The molecule has 0 bridgehead atoms. The molecule has 0 heterocycles. The molecule has 94 valence electrons. The molecule has 1 N–H and O–H groups in total. The Morgan fingerprint density at radius 1 is 1.44 bits per heavy atom. The summed E-state index contributed by atoms with van der Waals surface area (Å²) in [5, 5.41) is 8.55. The van der Waals surface area contributed by atoms with E-state index < -0.39 is 17.8 Å². The summed E-state index contributed by atoms with van der Waals surface area (Å²) in [5.74, 6) is 2.83. The molecule has 18 heavy (non-hydrogen) atoms. The maximum atomic E-state index is 13.5. The van der Waals surface area contributed by atoms with Crippen molar-refractivity contribution in [1.82, 2.24) is 0 Å². The van der Waals surface area contributed by atoms with Crippen LogP contribution < -0.4 is 0 Å². The molecule has 0 saturated carbocycles. The van der Waals surface area contributed by atoms with Gasteiger partial charge >= 0.3 is 11.9 Å². The third-order valence-corrected chi connectivity index (χ3v) is 2.07. The fourth-order valence-electron chi connectivity index (χ4n) is 1.23. The first-order chi connectivity index (χ1) is 8.52. The molecule has 0 unspecified atom stereocenters.